The summed E-state index contributed by atoms with van der Waals surface area (Å²) in [6, 6.07) is 5.61. The van der Waals surface area contributed by atoms with Crippen LogP contribution < -0.4 is 5.32 Å². The van der Waals surface area contributed by atoms with Gasteiger partial charge in [-0.1, -0.05) is 0 Å². The normalized spacial score (nSPS) is 23.0. The van der Waals surface area contributed by atoms with Gasteiger partial charge in [0.1, 0.15) is 0 Å². The molecule has 98 valence electrons. The van der Waals surface area contributed by atoms with Crippen LogP contribution >= 0.6 is 27.7 Å². The molecule has 2 rings (SSSR count). The van der Waals surface area contributed by atoms with Gasteiger partial charge in [-0.05, 0) is 59.6 Å². The molecule has 0 amide bonds. The molecular weight excluding hydrogens is 314 g/mol. The number of anilines is 1. The smallest absolute Gasteiger partial charge is 0.335 e. The molecule has 0 aliphatic heterocycles. The maximum Gasteiger partial charge on any atom is 0.335 e. The minimum Gasteiger partial charge on any atom is -0.478 e. The molecule has 1 aliphatic carbocycles. The molecule has 1 fully saturated rings. The van der Waals surface area contributed by atoms with Gasteiger partial charge in [-0.2, -0.15) is 11.8 Å². The fraction of sp³-hybridized carbons (Fsp3) is 0.462. The molecule has 1 saturated carbocycles. The molecule has 2 unspecified atom stereocenters. The van der Waals surface area contributed by atoms with E-state index in [0.717, 1.165) is 15.4 Å². The number of rotatable bonds is 4. The summed E-state index contributed by atoms with van der Waals surface area (Å²) in [5, 5.41) is 13.1. The zero-order valence-electron chi connectivity index (χ0n) is 10.1. The van der Waals surface area contributed by atoms with E-state index in [4.69, 9.17) is 5.11 Å². The van der Waals surface area contributed by atoms with Crippen molar-refractivity contribution >= 4 is 39.3 Å². The number of nitrogens with one attached hydrogen (secondary N) is 1. The minimum atomic E-state index is -0.898. The van der Waals surface area contributed by atoms with Crippen LogP contribution in [0.25, 0.3) is 0 Å². The summed E-state index contributed by atoms with van der Waals surface area (Å²) in [5.74, 6) is -0.898. The monoisotopic (exact) mass is 329 g/mol. The van der Waals surface area contributed by atoms with Crippen LogP contribution in [0.5, 0.6) is 0 Å². The van der Waals surface area contributed by atoms with Crippen molar-refractivity contribution in [3.8, 4) is 0 Å². The van der Waals surface area contributed by atoms with E-state index in [1.165, 1.54) is 19.3 Å². The van der Waals surface area contributed by atoms with E-state index in [1.54, 1.807) is 12.1 Å². The van der Waals surface area contributed by atoms with E-state index in [0.29, 0.717) is 11.6 Å². The highest BCUT2D eigenvalue weighted by Gasteiger charge is 2.24. The molecule has 0 spiro atoms. The Labute approximate surface area is 119 Å². The molecule has 3 nitrogen and oxygen atoms in total. The number of carbonyl (C=O) groups is 1. The lowest BCUT2D eigenvalue weighted by Gasteiger charge is -2.16. The van der Waals surface area contributed by atoms with E-state index in [9.17, 15) is 4.79 Å². The van der Waals surface area contributed by atoms with E-state index < -0.39 is 5.97 Å². The zero-order chi connectivity index (χ0) is 13.1. The first-order chi connectivity index (χ1) is 8.60. The van der Waals surface area contributed by atoms with Gasteiger partial charge in [0.2, 0.25) is 0 Å². The summed E-state index contributed by atoms with van der Waals surface area (Å²) in [5.41, 5.74) is 1.28. The lowest BCUT2D eigenvalue weighted by atomic mass is 10.2. The summed E-state index contributed by atoms with van der Waals surface area (Å²) < 4.78 is 0.815. The molecule has 1 aromatic carbocycles. The van der Waals surface area contributed by atoms with Crippen LogP contribution in [0, 0.1) is 0 Å². The predicted octanol–water partition coefficient (Wildman–Crippen LogP) is 3.84. The number of hydrogen-bond acceptors (Lipinski definition) is 3. The van der Waals surface area contributed by atoms with E-state index >= 15 is 0 Å². The molecule has 0 radical (unpaired) electrons. The third-order valence-electron chi connectivity index (χ3n) is 3.29. The van der Waals surface area contributed by atoms with Gasteiger partial charge >= 0.3 is 5.97 Å². The molecule has 0 bridgehead atoms. The molecule has 5 heteroatoms. The number of carboxylic acids is 1. The number of benzene rings is 1. The van der Waals surface area contributed by atoms with E-state index in [-0.39, 0.29) is 0 Å². The second kappa shape index (κ2) is 5.97. The topological polar surface area (TPSA) is 49.3 Å². The SMILES string of the molecule is CSC1CCC(Nc2ccc(C(=O)O)cc2Br)C1. The molecular formula is C13H16BrNO2S. The standard InChI is InChI=1S/C13H16BrNO2S/c1-18-10-4-3-9(7-10)15-12-5-2-8(13(16)17)6-11(12)14/h2,5-6,9-10,15H,3-4,7H2,1H3,(H,16,17). The van der Waals surface area contributed by atoms with Crippen LogP contribution in [-0.4, -0.2) is 28.6 Å². The summed E-state index contributed by atoms with van der Waals surface area (Å²) >= 11 is 5.35. The quantitative estimate of drug-likeness (QED) is 0.881. The van der Waals surface area contributed by atoms with Crippen molar-refractivity contribution in [2.24, 2.45) is 0 Å². The molecule has 0 saturated heterocycles. The molecule has 2 N–H and O–H groups in total. The number of hydrogen-bond donors (Lipinski definition) is 2. The number of carboxylic acid groups (broad SMARTS) is 1. The first kappa shape index (κ1) is 13.7. The summed E-state index contributed by atoms with van der Waals surface area (Å²) in [4.78, 5) is 10.8. The van der Waals surface area contributed by atoms with Gasteiger partial charge in [-0.25, -0.2) is 4.79 Å². The van der Waals surface area contributed by atoms with Gasteiger partial charge < -0.3 is 10.4 Å². The van der Waals surface area contributed by atoms with E-state index in [1.807, 2.05) is 17.8 Å². The second-order valence-electron chi connectivity index (χ2n) is 4.51. The predicted molar refractivity (Wildman–Crippen MR) is 79.7 cm³/mol. The summed E-state index contributed by atoms with van der Waals surface area (Å²) in [7, 11) is 0. The van der Waals surface area contributed by atoms with Gasteiger partial charge in [-0.3, -0.25) is 0 Å². The third kappa shape index (κ3) is 3.20. The maximum atomic E-state index is 10.8. The van der Waals surface area contributed by atoms with Crippen molar-refractivity contribution in [1.82, 2.24) is 0 Å². The van der Waals surface area contributed by atoms with Crippen LogP contribution in [0.2, 0.25) is 0 Å². The van der Waals surface area contributed by atoms with Crippen molar-refractivity contribution in [2.75, 3.05) is 11.6 Å². The average Bonchev–Trinajstić information content (AvgIpc) is 2.79. The summed E-state index contributed by atoms with van der Waals surface area (Å²) in [6.07, 6.45) is 5.77. The Kier molecular flexibility index (Phi) is 4.56. The summed E-state index contributed by atoms with van der Waals surface area (Å²) in [6.45, 7) is 0. The van der Waals surface area contributed by atoms with Crippen LogP contribution in [0.15, 0.2) is 22.7 Å². The second-order valence-corrected chi connectivity index (χ2v) is 6.50. The van der Waals surface area contributed by atoms with Crippen molar-refractivity contribution in [2.45, 2.75) is 30.6 Å². The number of halogens is 1. The minimum absolute atomic E-state index is 0.306. The van der Waals surface area contributed by atoms with Gasteiger partial charge in [0, 0.05) is 21.5 Å². The molecule has 0 aromatic heterocycles. The van der Waals surface area contributed by atoms with Gasteiger partial charge in [0.15, 0.2) is 0 Å². The molecule has 1 aliphatic rings. The Hall–Kier alpha value is -0.680. The van der Waals surface area contributed by atoms with Crippen molar-refractivity contribution in [3.05, 3.63) is 28.2 Å². The van der Waals surface area contributed by atoms with Crippen LogP contribution in [-0.2, 0) is 0 Å². The maximum absolute atomic E-state index is 10.8. The lowest BCUT2D eigenvalue weighted by Crippen LogP contribution is -2.16. The first-order valence-corrected chi connectivity index (χ1v) is 8.00. The Morgan fingerprint density at radius 2 is 2.28 bits per heavy atom. The zero-order valence-corrected chi connectivity index (χ0v) is 12.6. The lowest BCUT2D eigenvalue weighted by molar-refractivity contribution is 0.0697. The first-order valence-electron chi connectivity index (χ1n) is 5.92. The highest BCUT2D eigenvalue weighted by molar-refractivity contribution is 9.10. The average molecular weight is 330 g/mol. The highest BCUT2D eigenvalue weighted by Crippen LogP contribution is 2.32. The molecule has 1 aromatic rings. The third-order valence-corrected chi connectivity index (χ3v) is 5.04. The fourth-order valence-electron chi connectivity index (χ4n) is 2.27. The van der Waals surface area contributed by atoms with Crippen molar-refractivity contribution in [3.63, 3.8) is 0 Å². The number of aromatic carboxylic acids is 1. The van der Waals surface area contributed by atoms with Crippen molar-refractivity contribution in [1.29, 1.82) is 0 Å². The fourth-order valence-corrected chi connectivity index (χ4v) is 3.56. The molecule has 2 atom stereocenters. The van der Waals surface area contributed by atoms with Crippen LogP contribution in [0.1, 0.15) is 29.6 Å². The van der Waals surface area contributed by atoms with Gasteiger partial charge in [0.25, 0.3) is 0 Å². The van der Waals surface area contributed by atoms with Gasteiger partial charge in [-0.15, -0.1) is 0 Å². The highest BCUT2D eigenvalue weighted by atomic mass is 79.9. The Bertz CT molecular complexity index is 453. The number of thioether (sulfide) groups is 1. The largest absolute Gasteiger partial charge is 0.478 e. The van der Waals surface area contributed by atoms with Crippen LogP contribution in [0.4, 0.5) is 5.69 Å². The van der Waals surface area contributed by atoms with Gasteiger partial charge in [0.05, 0.1) is 5.56 Å². The molecule has 18 heavy (non-hydrogen) atoms. The van der Waals surface area contributed by atoms with E-state index in [2.05, 4.69) is 27.5 Å². The Morgan fingerprint density at radius 3 is 2.83 bits per heavy atom. The molecule has 0 heterocycles. The Morgan fingerprint density at radius 1 is 1.50 bits per heavy atom. The Balaban J connectivity index is 2.04. The van der Waals surface area contributed by atoms with Crippen molar-refractivity contribution < 1.29 is 9.90 Å². The van der Waals surface area contributed by atoms with Crippen LogP contribution in [0.3, 0.4) is 0 Å².